The van der Waals surface area contributed by atoms with Crippen molar-refractivity contribution in [3.63, 3.8) is 0 Å². The van der Waals surface area contributed by atoms with Crippen LogP contribution in [-0.4, -0.2) is 37.2 Å². The van der Waals surface area contributed by atoms with E-state index < -0.39 is 6.10 Å². The Morgan fingerprint density at radius 3 is 0.937 bits per heavy atom. The first-order valence-electron chi connectivity index (χ1n) is 27.1. The third-order valence-corrected chi connectivity index (χ3v) is 11.9. The van der Waals surface area contributed by atoms with Crippen molar-refractivity contribution in [3.05, 3.63) is 48.6 Å². The molecule has 0 aliphatic heterocycles. The molecule has 0 N–H and O–H groups in total. The summed E-state index contributed by atoms with van der Waals surface area (Å²) in [5, 5.41) is 0. The lowest BCUT2D eigenvalue weighted by molar-refractivity contribution is -0.166. The molecule has 0 fully saturated rings. The second-order valence-corrected chi connectivity index (χ2v) is 18.1. The molecule has 63 heavy (non-hydrogen) atoms. The zero-order valence-corrected chi connectivity index (χ0v) is 41.8. The molecular formula is C57H102O6. The molecule has 0 bridgehead atoms. The van der Waals surface area contributed by atoms with Gasteiger partial charge >= 0.3 is 17.9 Å². The van der Waals surface area contributed by atoms with Gasteiger partial charge in [0.05, 0.1) is 0 Å². The maximum Gasteiger partial charge on any atom is 0.306 e. The largest absolute Gasteiger partial charge is 0.462 e. The number of carbonyl (C=O) groups excluding carboxylic acids is 3. The van der Waals surface area contributed by atoms with Crippen LogP contribution in [0.4, 0.5) is 0 Å². The minimum atomic E-state index is -0.805. The maximum atomic E-state index is 12.7. The number of allylic oxidation sites excluding steroid dienone is 8. The van der Waals surface area contributed by atoms with Gasteiger partial charge in [-0.1, -0.05) is 262 Å². The summed E-state index contributed by atoms with van der Waals surface area (Å²) < 4.78 is 16.7. The van der Waals surface area contributed by atoms with Gasteiger partial charge in [0, 0.05) is 19.3 Å². The Labute approximate surface area is 390 Å². The molecule has 1 atom stereocenters. The van der Waals surface area contributed by atoms with E-state index in [0.29, 0.717) is 19.3 Å². The van der Waals surface area contributed by atoms with Crippen LogP contribution in [0.5, 0.6) is 0 Å². The Morgan fingerprint density at radius 2 is 0.619 bits per heavy atom. The number of ether oxygens (including phenoxy) is 3. The van der Waals surface area contributed by atoms with Gasteiger partial charge in [0.1, 0.15) is 13.2 Å². The molecular weight excluding hydrogens is 781 g/mol. The molecule has 6 heteroatoms. The van der Waals surface area contributed by atoms with E-state index in [1.165, 1.54) is 167 Å². The van der Waals surface area contributed by atoms with Crippen molar-refractivity contribution in [1.82, 2.24) is 0 Å². The van der Waals surface area contributed by atoms with Crippen LogP contribution in [0.1, 0.15) is 278 Å². The van der Waals surface area contributed by atoms with E-state index in [0.717, 1.165) is 64.2 Å². The van der Waals surface area contributed by atoms with E-state index >= 15 is 0 Å². The fourth-order valence-electron chi connectivity index (χ4n) is 7.81. The van der Waals surface area contributed by atoms with Gasteiger partial charge in [-0.25, -0.2) is 0 Å². The summed E-state index contributed by atoms with van der Waals surface area (Å²) in [6.07, 6.45) is 62.7. The molecule has 366 valence electrons. The fourth-order valence-corrected chi connectivity index (χ4v) is 7.81. The Bertz CT molecular complexity index is 1110. The summed E-state index contributed by atoms with van der Waals surface area (Å²) >= 11 is 0. The number of hydrogen-bond donors (Lipinski definition) is 0. The summed E-state index contributed by atoms with van der Waals surface area (Å²) in [5.74, 6) is -0.971. The summed E-state index contributed by atoms with van der Waals surface area (Å²) in [7, 11) is 0. The van der Waals surface area contributed by atoms with Crippen molar-refractivity contribution in [2.24, 2.45) is 0 Å². The molecule has 0 amide bonds. The van der Waals surface area contributed by atoms with Crippen molar-refractivity contribution >= 4 is 17.9 Å². The van der Waals surface area contributed by atoms with E-state index in [9.17, 15) is 14.4 Å². The van der Waals surface area contributed by atoms with Gasteiger partial charge in [-0.2, -0.15) is 0 Å². The third kappa shape index (κ3) is 50.2. The number of unbranched alkanes of at least 4 members (excludes halogenated alkanes) is 30. The molecule has 0 saturated heterocycles. The van der Waals surface area contributed by atoms with Crippen LogP contribution in [0, 0.1) is 0 Å². The Hall–Kier alpha value is -2.63. The molecule has 0 heterocycles. The lowest BCUT2D eigenvalue weighted by atomic mass is 10.0. The quantitative estimate of drug-likeness (QED) is 0.0262. The topological polar surface area (TPSA) is 78.9 Å². The monoisotopic (exact) mass is 883 g/mol. The number of carbonyl (C=O) groups is 3. The van der Waals surface area contributed by atoms with E-state index in [2.05, 4.69) is 57.2 Å². The van der Waals surface area contributed by atoms with E-state index in [1.54, 1.807) is 0 Å². The van der Waals surface area contributed by atoms with Crippen molar-refractivity contribution < 1.29 is 28.6 Å². The second kappa shape index (κ2) is 52.0. The zero-order chi connectivity index (χ0) is 45.8. The fraction of sp³-hybridized carbons (Fsp3) is 0.807. The predicted molar refractivity (Wildman–Crippen MR) is 270 cm³/mol. The first kappa shape index (κ1) is 60.4. The van der Waals surface area contributed by atoms with Gasteiger partial charge < -0.3 is 14.2 Å². The molecule has 0 aliphatic rings. The van der Waals surface area contributed by atoms with E-state index in [-0.39, 0.29) is 37.5 Å². The molecule has 0 aliphatic carbocycles. The number of rotatable bonds is 49. The zero-order valence-electron chi connectivity index (χ0n) is 41.8. The first-order chi connectivity index (χ1) is 31.0. The van der Waals surface area contributed by atoms with Gasteiger partial charge in [0.2, 0.25) is 0 Å². The molecule has 0 rings (SSSR count). The normalized spacial score (nSPS) is 12.4. The van der Waals surface area contributed by atoms with Gasteiger partial charge in [-0.05, 0) is 44.9 Å². The van der Waals surface area contributed by atoms with E-state index in [4.69, 9.17) is 14.2 Å². The van der Waals surface area contributed by atoms with Crippen LogP contribution < -0.4 is 0 Å². The SMILES string of the molecule is CC/C=C\C/C=C\C/C=C\C/C=C\CCC(=O)OC(COC(=O)CCCCCCCCCCCC)COC(=O)CCCCCCCCCCCCCCCCCCCCCCCC. The minimum absolute atomic E-state index is 0.0978. The molecule has 0 aromatic rings. The van der Waals surface area contributed by atoms with Crippen molar-refractivity contribution in [1.29, 1.82) is 0 Å². The Kier molecular flexibility index (Phi) is 49.8. The van der Waals surface area contributed by atoms with Crippen molar-refractivity contribution in [2.75, 3.05) is 13.2 Å². The van der Waals surface area contributed by atoms with Gasteiger partial charge in [-0.15, -0.1) is 0 Å². The van der Waals surface area contributed by atoms with E-state index in [1.807, 2.05) is 12.2 Å². The smallest absolute Gasteiger partial charge is 0.306 e. The predicted octanol–water partition coefficient (Wildman–Crippen LogP) is 17.9. The van der Waals surface area contributed by atoms with Crippen molar-refractivity contribution in [2.45, 2.75) is 284 Å². The molecule has 0 aromatic heterocycles. The highest BCUT2D eigenvalue weighted by Gasteiger charge is 2.19. The molecule has 1 unspecified atom stereocenters. The highest BCUT2D eigenvalue weighted by Crippen LogP contribution is 2.16. The molecule has 0 aromatic carbocycles. The highest BCUT2D eigenvalue weighted by atomic mass is 16.6. The van der Waals surface area contributed by atoms with Crippen LogP contribution >= 0.6 is 0 Å². The maximum absolute atomic E-state index is 12.7. The summed E-state index contributed by atoms with van der Waals surface area (Å²) in [5.41, 5.74) is 0. The lowest BCUT2D eigenvalue weighted by Gasteiger charge is -2.18. The molecule has 0 saturated carbocycles. The van der Waals surface area contributed by atoms with Gasteiger partial charge in [-0.3, -0.25) is 14.4 Å². The summed E-state index contributed by atoms with van der Waals surface area (Å²) in [6, 6.07) is 0. The summed E-state index contributed by atoms with van der Waals surface area (Å²) in [4.78, 5) is 37.9. The average Bonchev–Trinajstić information content (AvgIpc) is 3.28. The van der Waals surface area contributed by atoms with Crippen LogP contribution in [0.15, 0.2) is 48.6 Å². The third-order valence-electron chi connectivity index (χ3n) is 11.9. The molecule has 0 spiro atoms. The average molecular weight is 883 g/mol. The molecule has 0 radical (unpaired) electrons. The van der Waals surface area contributed by atoms with Crippen LogP contribution in [0.2, 0.25) is 0 Å². The van der Waals surface area contributed by atoms with Gasteiger partial charge in [0.15, 0.2) is 6.10 Å². The van der Waals surface area contributed by atoms with Crippen LogP contribution in [0.25, 0.3) is 0 Å². The van der Waals surface area contributed by atoms with Crippen LogP contribution in [-0.2, 0) is 28.6 Å². The molecule has 6 nitrogen and oxygen atoms in total. The number of esters is 3. The minimum Gasteiger partial charge on any atom is -0.462 e. The Balaban J connectivity index is 4.27. The first-order valence-corrected chi connectivity index (χ1v) is 27.1. The van der Waals surface area contributed by atoms with Crippen LogP contribution in [0.3, 0.4) is 0 Å². The Morgan fingerprint density at radius 1 is 0.333 bits per heavy atom. The van der Waals surface area contributed by atoms with Crippen molar-refractivity contribution in [3.8, 4) is 0 Å². The number of hydrogen-bond acceptors (Lipinski definition) is 6. The standard InChI is InChI=1S/C57H102O6/c1-4-7-10-13-16-19-22-24-25-26-27-28-29-30-31-32-34-35-38-41-44-47-50-56(59)62-53-54(52-61-55(58)49-46-43-40-37-21-18-15-12-9-6-3)63-57(60)51-48-45-42-39-36-33-23-20-17-14-11-8-5-2/h8,11,17,20,33,36,42,45,54H,4-7,9-10,12-16,18-19,21-32,34-35,37-41,43-44,46-53H2,1-3H3/b11-8-,20-17-,36-33-,45-42-. The lowest BCUT2D eigenvalue weighted by Crippen LogP contribution is -2.30. The summed E-state index contributed by atoms with van der Waals surface area (Å²) in [6.45, 7) is 6.47. The van der Waals surface area contributed by atoms with Gasteiger partial charge in [0.25, 0.3) is 0 Å². The second-order valence-electron chi connectivity index (χ2n) is 18.1. The highest BCUT2D eigenvalue weighted by molar-refractivity contribution is 5.71.